The lowest BCUT2D eigenvalue weighted by atomic mass is 9.98. The molecule has 2 amide bonds. The highest BCUT2D eigenvalue weighted by molar-refractivity contribution is 5.75. The van der Waals surface area contributed by atoms with Gasteiger partial charge in [0.1, 0.15) is 0 Å². The zero-order valence-electron chi connectivity index (χ0n) is 12.8. The minimum Gasteiger partial charge on any atom is -0.353 e. The number of carbonyl (C=O) groups is 1. The van der Waals surface area contributed by atoms with Gasteiger partial charge in [-0.25, -0.2) is 4.79 Å². The first-order valence-electron chi connectivity index (χ1n) is 7.30. The summed E-state index contributed by atoms with van der Waals surface area (Å²) in [6.45, 7) is 11.7. The smallest absolute Gasteiger partial charge is 0.322 e. The third-order valence-electron chi connectivity index (χ3n) is 4.33. The van der Waals surface area contributed by atoms with Gasteiger partial charge in [-0.2, -0.15) is 0 Å². The summed E-state index contributed by atoms with van der Waals surface area (Å²) in [6, 6.07) is 0.821. The van der Waals surface area contributed by atoms with Gasteiger partial charge in [-0.1, -0.05) is 0 Å². The molecule has 0 bridgehead atoms. The number of hydrogen-bond acceptors (Lipinski definition) is 3. The van der Waals surface area contributed by atoms with Crippen LogP contribution in [-0.4, -0.2) is 71.8 Å². The van der Waals surface area contributed by atoms with Gasteiger partial charge in [0.25, 0.3) is 0 Å². The van der Waals surface area contributed by atoms with Gasteiger partial charge >= 0.3 is 6.03 Å². The molecule has 0 atom stereocenters. The normalized spacial score (nSPS) is 23.0. The second-order valence-electron chi connectivity index (χ2n) is 6.29. The molecule has 5 nitrogen and oxygen atoms in total. The zero-order valence-corrected chi connectivity index (χ0v) is 12.8. The van der Waals surface area contributed by atoms with Gasteiger partial charge in [0.15, 0.2) is 5.72 Å². The second kappa shape index (κ2) is 5.29. The Bertz CT molecular complexity index is 338. The molecule has 0 N–H and O–H groups in total. The number of nitrogens with zero attached hydrogens (tertiary/aromatic N) is 3. The van der Waals surface area contributed by atoms with Crippen LogP contribution in [0.4, 0.5) is 4.79 Å². The van der Waals surface area contributed by atoms with Crippen molar-refractivity contribution in [2.45, 2.75) is 51.9 Å². The van der Waals surface area contributed by atoms with Crippen molar-refractivity contribution in [1.82, 2.24) is 14.7 Å². The lowest BCUT2D eigenvalue weighted by Crippen LogP contribution is -2.76. The van der Waals surface area contributed by atoms with Crippen LogP contribution in [0.2, 0.25) is 0 Å². The summed E-state index contributed by atoms with van der Waals surface area (Å²) < 4.78 is 5.98. The summed E-state index contributed by atoms with van der Waals surface area (Å²) in [5.74, 6) is 0. The van der Waals surface area contributed by atoms with E-state index in [0.29, 0.717) is 6.04 Å². The van der Waals surface area contributed by atoms with Crippen LogP contribution in [0.1, 0.15) is 34.1 Å². The zero-order chi connectivity index (χ0) is 14.2. The van der Waals surface area contributed by atoms with E-state index in [0.717, 1.165) is 32.7 Å². The van der Waals surface area contributed by atoms with E-state index in [9.17, 15) is 4.79 Å². The fourth-order valence-electron chi connectivity index (χ4n) is 2.66. The van der Waals surface area contributed by atoms with Crippen LogP contribution < -0.4 is 0 Å². The highest BCUT2D eigenvalue weighted by atomic mass is 16.5. The Morgan fingerprint density at radius 2 is 1.89 bits per heavy atom. The van der Waals surface area contributed by atoms with E-state index >= 15 is 0 Å². The minimum atomic E-state index is -0.372. The Hall–Kier alpha value is -0.810. The van der Waals surface area contributed by atoms with Crippen molar-refractivity contribution in [2.24, 2.45) is 0 Å². The molecular formula is C14H27N3O2. The molecule has 2 fully saturated rings. The SMILES string of the molecule is CC(C)N1CC2(C1)OCCCN2C(=O)N(C)C(C)C. The first-order chi connectivity index (χ1) is 8.87. The maximum atomic E-state index is 12.6. The Balaban J connectivity index is 2.08. The number of hydrogen-bond donors (Lipinski definition) is 0. The Kier molecular flexibility index (Phi) is 4.06. The predicted molar refractivity (Wildman–Crippen MR) is 75.0 cm³/mol. The van der Waals surface area contributed by atoms with E-state index in [1.54, 1.807) is 4.90 Å². The van der Waals surface area contributed by atoms with Crippen LogP contribution in [0.5, 0.6) is 0 Å². The monoisotopic (exact) mass is 269 g/mol. The third-order valence-corrected chi connectivity index (χ3v) is 4.33. The topological polar surface area (TPSA) is 36.0 Å². The second-order valence-corrected chi connectivity index (χ2v) is 6.29. The number of rotatable bonds is 2. The van der Waals surface area contributed by atoms with Crippen molar-refractivity contribution in [3.8, 4) is 0 Å². The van der Waals surface area contributed by atoms with Crippen LogP contribution in [-0.2, 0) is 4.74 Å². The van der Waals surface area contributed by atoms with Crippen molar-refractivity contribution in [3.05, 3.63) is 0 Å². The van der Waals surface area contributed by atoms with Crippen LogP contribution >= 0.6 is 0 Å². The molecule has 0 aromatic heterocycles. The van der Waals surface area contributed by atoms with E-state index in [4.69, 9.17) is 4.74 Å². The number of likely N-dealkylation sites (tertiary alicyclic amines) is 1. The Morgan fingerprint density at radius 1 is 1.26 bits per heavy atom. The molecular weight excluding hydrogens is 242 g/mol. The first kappa shape index (κ1) is 14.6. The molecule has 2 aliphatic rings. The van der Waals surface area contributed by atoms with Crippen molar-refractivity contribution in [3.63, 3.8) is 0 Å². The van der Waals surface area contributed by atoms with Crippen molar-refractivity contribution < 1.29 is 9.53 Å². The number of amides is 2. The molecule has 2 saturated heterocycles. The molecule has 0 unspecified atom stereocenters. The van der Waals surface area contributed by atoms with E-state index < -0.39 is 0 Å². The lowest BCUT2D eigenvalue weighted by molar-refractivity contribution is -0.242. The molecule has 2 rings (SSSR count). The van der Waals surface area contributed by atoms with Crippen LogP contribution in [0, 0.1) is 0 Å². The summed E-state index contributed by atoms with van der Waals surface area (Å²) >= 11 is 0. The van der Waals surface area contributed by atoms with Crippen molar-refractivity contribution in [2.75, 3.05) is 33.3 Å². The van der Waals surface area contributed by atoms with Crippen LogP contribution in [0.15, 0.2) is 0 Å². The Labute approximate surface area is 116 Å². The van der Waals surface area contributed by atoms with Gasteiger partial charge in [0.2, 0.25) is 0 Å². The van der Waals surface area contributed by atoms with Gasteiger partial charge in [-0.15, -0.1) is 0 Å². The first-order valence-corrected chi connectivity index (χ1v) is 7.30. The molecule has 0 saturated carbocycles. The predicted octanol–water partition coefficient (Wildman–Crippen LogP) is 1.59. The minimum absolute atomic E-state index is 0.0955. The number of ether oxygens (including phenoxy) is 1. The average Bonchev–Trinajstić information content (AvgIpc) is 2.33. The van der Waals surface area contributed by atoms with Gasteiger partial charge in [0, 0.05) is 38.8 Å². The van der Waals surface area contributed by atoms with Gasteiger partial charge < -0.3 is 9.64 Å². The molecule has 2 heterocycles. The van der Waals surface area contributed by atoms with E-state index in [2.05, 4.69) is 18.7 Å². The maximum absolute atomic E-state index is 12.6. The largest absolute Gasteiger partial charge is 0.353 e. The quantitative estimate of drug-likeness (QED) is 0.764. The fourth-order valence-corrected chi connectivity index (χ4v) is 2.66. The lowest BCUT2D eigenvalue weighted by Gasteiger charge is -2.58. The molecule has 5 heteroatoms. The fraction of sp³-hybridized carbons (Fsp3) is 0.929. The molecule has 2 aliphatic heterocycles. The summed E-state index contributed by atoms with van der Waals surface area (Å²) in [5, 5.41) is 0. The summed E-state index contributed by atoms with van der Waals surface area (Å²) in [4.78, 5) is 18.7. The Morgan fingerprint density at radius 3 is 2.42 bits per heavy atom. The van der Waals surface area contributed by atoms with Crippen LogP contribution in [0.25, 0.3) is 0 Å². The summed E-state index contributed by atoms with van der Waals surface area (Å²) in [5.41, 5.74) is -0.372. The van der Waals surface area contributed by atoms with E-state index in [1.165, 1.54) is 0 Å². The highest BCUT2D eigenvalue weighted by Gasteiger charge is 2.53. The summed E-state index contributed by atoms with van der Waals surface area (Å²) in [6.07, 6.45) is 0.932. The van der Waals surface area contributed by atoms with Crippen molar-refractivity contribution >= 4 is 6.03 Å². The van der Waals surface area contributed by atoms with E-state index in [-0.39, 0.29) is 17.8 Å². The molecule has 0 radical (unpaired) electrons. The van der Waals surface area contributed by atoms with E-state index in [1.807, 2.05) is 25.8 Å². The molecule has 0 aromatic rings. The molecule has 110 valence electrons. The molecule has 1 spiro atoms. The highest BCUT2D eigenvalue weighted by Crippen LogP contribution is 2.34. The number of carbonyl (C=O) groups excluding carboxylic acids is 1. The van der Waals surface area contributed by atoms with Gasteiger partial charge in [-0.3, -0.25) is 9.80 Å². The molecule has 0 aromatic carbocycles. The van der Waals surface area contributed by atoms with Gasteiger partial charge in [-0.05, 0) is 34.1 Å². The molecule has 0 aliphatic carbocycles. The third kappa shape index (κ3) is 2.58. The van der Waals surface area contributed by atoms with Gasteiger partial charge in [0.05, 0.1) is 6.61 Å². The average molecular weight is 269 g/mol. The summed E-state index contributed by atoms with van der Waals surface area (Å²) in [7, 11) is 1.87. The van der Waals surface area contributed by atoms with Crippen LogP contribution in [0.3, 0.4) is 0 Å². The number of urea groups is 1. The maximum Gasteiger partial charge on any atom is 0.322 e. The standard InChI is InChI=1S/C14H27N3O2/c1-11(2)15(5)13(18)17-7-6-8-19-14(17)9-16(10-14)12(3)4/h11-12H,6-10H2,1-5H3. The van der Waals surface area contributed by atoms with Crippen molar-refractivity contribution in [1.29, 1.82) is 0 Å². The molecule has 19 heavy (non-hydrogen) atoms.